The molecule has 2 N–H and O–H groups in total. The molecule has 0 saturated carbocycles. The standard InChI is InChI=1S/C23H25F4N7O2/c1-4-14-10-28-7-8-33(14)20-18(11-29-21-19(20)13(2)31-32(21)3)30-22(36)34(12-35)15-5-6-17(24)16(9-15)23(25,26)27/h5-6,9,11-12,14,28H,4,7-8,10H2,1-3H3,(H,30,36). The largest absolute Gasteiger partial charge is 0.419 e. The molecular weight excluding hydrogens is 482 g/mol. The zero-order valence-corrected chi connectivity index (χ0v) is 19.9. The van der Waals surface area contributed by atoms with Crippen LogP contribution in [0, 0.1) is 12.7 Å². The summed E-state index contributed by atoms with van der Waals surface area (Å²) in [7, 11) is 1.75. The molecule has 1 unspecified atom stereocenters. The number of hydrogen-bond donors (Lipinski definition) is 2. The van der Waals surface area contributed by atoms with Crippen LogP contribution in [-0.4, -0.2) is 52.9 Å². The fraction of sp³-hybridized carbons (Fsp3) is 0.391. The van der Waals surface area contributed by atoms with Crippen molar-refractivity contribution in [2.45, 2.75) is 32.5 Å². The van der Waals surface area contributed by atoms with Gasteiger partial charge in [-0.15, -0.1) is 0 Å². The summed E-state index contributed by atoms with van der Waals surface area (Å²) < 4.78 is 54.9. The second-order valence-electron chi connectivity index (χ2n) is 8.46. The summed E-state index contributed by atoms with van der Waals surface area (Å²) in [6, 6.07) is 0.979. The van der Waals surface area contributed by atoms with E-state index in [9.17, 15) is 27.2 Å². The fourth-order valence-electron chi connectivity index (χ4n) is 4.48. The van der Waals surface area contributed by atoms with Crippen LogP contribution in [-0.2, 0) is 18.0 Å². The number of pyridine rings is 1. The minimum Gasteiger partial charge on any atom is -0.364 e. The Labute approximate surface area is 204 Å². The van der Waals surface area contributed by atoms with E-state index in [1.807, 2.05) is 13.8 Å². The van der Waals surface area contributed by atoms with Crippen LogP contribution in [0.2, 0.25) is 0 Å². The molecule has 1 aliphatic rings. The van der Waals surface area contributed by atoms with E-state index in [1.54, 1.807) is 11.7 Å². The normalized spacial score (nSPS) is 16.3. The highest BCUT2D eigenvalue weighted by atomic mass is 19.4. The van der Waals surface area contributed by atoms with Gasteiger partial charge in [-0.05, 0) is 31.5 Å². The van der Waals surface area contributed by atoms with E-state index in [0.29, 0.717) is 53.7 Å². The molecule has 1 aliphatic heterocycles. The van der Waals surface area contributed by atoms with E-state index in [0.717, 1.165) is 17.9 Å². The van der Waals surface area contributed by atoms with E-state index in [2.05, 4.69) is 25.6 Å². The van der Waals surface area contributed by atoms with Crippen LogP contribution in [0.15, 0.2) is 24.4 Å². The first kappa shape index (κ1) is 25.4. The van der Waals surface area contributed by atoms with Gasteiger partial charge in [-0.25, -0.2) is 19.1 Å². The smallest absolute Gasteiger partial charge is 0.364 e. The second-order valence-corrected chi connectivity index (χ2v) is 8.46. The van der Waals surface area contributed by atoms with Crippen LogP contribution >= 0.6 is 0 Å². The quantitative estimate of drug-likeness (QED) is 0.403. The number of rotatable bonds is 5. The predicted molar refractivity (Wildman–Crippen MR) is 127 cm³/mol. The monoisotopic (exact) mass is 507 g/mol. The Balaban J connectivity index is 1.77. The number of nitrogens with zero attached hydrogens (tertiary/aromatic N) is 5. The Morgan fingerprint density at radius 2 is 2.11 bits per heavy atom. The van der Waals surface area contributed by atoms with E-state index in [1.165, 1.54) is 6.20 Å². The molecule has 0 aliphatic carbocycles. The van der Waals surface area contributed by atoms with Gasteiger partial charge in [-0.3, -0.25) is 9.48 Å². The maximum absolute atomic E-state index is 13.7. The Bertz CT molecular complexity index is 1310. The van der Waals surface area contributed by atoms with Gasteiger partial charge in [0.25, 0.3) is 0 Å². The highest BCUT2D eigenvalue weighted by Gasteiger charge is 2.35. The lowest BCUT2D eigenvalue weighted by Crippen LogP contribution is -2.51. The molecule has 3 amide bonds. The number of aromatic nitrogens is 3. The molecule has 3 aromatic rings. The number of alkyl halides is 3. The molecule has 9 nitrogen and oxygen atoms in total. The van der Waals surface area contributed by atoms with Gasteiger partial charge < -0.3 is 15.5 Å². The van der Waals surface area contributed by atoms with Crippen LogP contribution < -0.4 is 20.4 Å². The van der Waals surface area contributed by atoms with Crippen LogP contribution in [0.1, 0.15) is 24.6 Å². The Kier molecular flexibility index (Phi) is 6.85. The van der Waals surface area contributed by atoms with Crippen molar-refractivity contribution in [3.63, 3.8) is 0 Å². The van der Waals surface area contributed by atoms with Crippen molar-refractivity contribution in [1.29, 1.82) is 0 Å². The fourth-order valence-corrected chi connectivity index (χ4v) is 4.48. The summed E-state index contributed by atoms with van der Waals surface area (Å²) in [4.78, 5) is 31.9. The van der Waals surface area contributed by atoms with Gasteiger partial charge in [0.2, 0.25) is 6.41 Å². The highest BCUT2D eigenvalue weighted by molar-refractivity contribution is 6.14. The van der Waals surface area contributed by atoms with Gasteiger partial charge in [0.1, 0.15) is 5.82 Å². The number of imide groups is 1. The average Bonchev–Trinajstić information content (AvgIpc) is 3.13. The molecule has 0 spiro atoms. The molecular formula is C23H25F4N7O2. The third-order valence-corrected chi connectivity index (χ3v) is 6.21. The van der Waals surface area contributed by atoms with E-state index in [-0.39, 0.29) is 18.1 Å². The van der Waals surface area contributed by atoms with Crippen LogP contribution in [0.3, 0.4) is 0 Å². The lowest BCUT2D eigenvalue weighted by molar-refractivity contribution is -0.140. The highest BCUT2D eigenvalue weighted by Crippen LogP contribution is 2.38. The number of carbonyl (C=O) groups is 2. The topological polar surface area (TPSA) is 95.4 Å². The summed E-state index contributed by atoms with van der Waals surface area (Å²) in [6.45, 7) is 5.89. The number of urea groups is 1. The number of aryl methyl sites for hydroxylation is 2. The SMILES string of the molecule is CCC1CNCCN1c1c(NC(=O)N(C=O)c2ccc(F)c(C(F)(F)F)c2)cnc2c1c(C)nn2C. The summed E-state index contributed by atoms with van der Waals surface area (Å²) >= 11 is 0. The average molecular weight is 507 g/mol. The summed E-state index contributed by atoms with van der Waals surface area (Å²) in [6.07, 6.45) is -2.69. The molecule has 0 bridgehead atoms. The zero-order valence-electron chi connectivity index (χ0n) is 19.9. The van der Waals surface area contributed by atoms with Crippen molar-refractivity contribution in [3.8, 4) is 0 Å². The van der Waals surface area contributed by atoms with Crippen molar-refractivity contribution < 1.29 is 27.2 Å². The first-order valence-corrected chi connectivity index (χ1v) is 11.3. The lowest BCUT2D eigenvalue weighted by Gasteiger charge is -2.39. The van der Waals surface area contributed by atoms with Gasteiger partial charge in [0.15, 0.2) is 5.65 Å². The number of anilines is 3. The molecule has 0 radical (unpaired) electrons. The number of piperazine rings is 1. The number of benzene rings is 1. The maximum Gasteiger partial charge on any atom is 0.419 e. The summed E-state index contributed by atoms with van der Waals surface area (Å²) in [5.41, 5.74) is 0.191. The number of fused-ring (bicyclic) bond motifs is 1. The van der Waals surface area contributed by atoms with Crippen molar-refractivity contribution >= 4 is 40.5 Å². The number of carbonyl (C=O) groups excluding carboxylic acids is 2. The minimum atomic E-state index is -5.00. The molecule has 1 atom stereocenters. The number of hydrogen-bond acceptors (Lipinski definition) is 6. The van der Waals surface area contributed by atoms with Crippen LogP contribution in [0.5, 0.6) is 0 Å². The molecule has 3 heterocycles. The number of nitrogens with one attached hydrogen (secondary N) is 2. The summed E-state index contributed by atoms with van der Waals surface area (Å²) in [5.74, 6) is -1.51. The molecule has 1 saturated heterocycles. The van der Waals surface area contributed by atoms with Crippen molar-refractivity contribution in [3.05, 3.63) is 41.5 Å². The number of amides is 3. The first-order chi connectivity index (χ1) is 17.1. The van der Waals surface area contributed by atoms with Crippen molar-refractivity contribution in [2.75, 3.05) is 34.8 Å². The molecule has 192 valence electrons. The zero-order chi connectivity index (χ0) is 26.2. The van der Waals surface area contributed by atoms with Crippen LogP contribution in [0.4, 0.5) is 39.4 Å². The maximum atomic E-state index is 13.7. The predicted octanol–water partition coefficient (Wildman–Crippen LogP) is 3.82. The van der Waals surface area contributed by atoms with E-state index in [4.69, 9.17) is 0 Å². The van der Waals surface area contributed by atoms with Gasteiger partial charge in [0.05, 0.1) is 39.9 Å². The number of halogens is 4. The van der Waals surface area contributed by atoms with Crippen LogP contribution in [0.25, 0.3) is 11.0 Å². The summed E-state index contributed by atoms with van der Waals surface area (Å²) in [5, 5.41) is 11.1. The second kappa shape index (κ2) is 9.72. The Hall–Kier alpha value is -3.74. The van der Waals surface area contributed by atoms with Gasteiger partial charge in [-0.2, -0.15) is 18.3 Å². The Morgan fingerprint density at radius 1 is 1.36 bits per heavy atom. The first-order valence-electron chi connectivity index (χ1n) is 11.3. The molecule has 1 fully saturated rings. The van der Waals surface area contributed by atoms with E-state index < -0.39 is 29.3 Å². The molecule has 13 heteroatoms. The van der Waals surface area contributed by atoms with Gasteiger partial charge >= 0.3 is 12.2 Å². The van der Waals surface area contributed by atoms with Crippen molar-refractivity contribution in [1.82, 2.24) is 20.1 Å². The van der Waals surface area contributed by atoms with Crippen molar-refractivity contribution in [2.24, 2.45) is 7.05 Å². The molecule has 36 heavy (non-hydrogen) atoms. The third-order valence-electron chi connectivity index (χ3n) is 6.21. The lowest BCUT2D eigenvalue weighted by atomic mass is 10.1. The molecule has 4 rings (SSSR count). The molecule has 2 aromatic heterocycles. The minimum absolute atomic E-state index is 0.0728. The third kappa shape index (κ3) is 4.57. The molecule has 1 aromatic carbocycles. The van der Waals surface area contributed by atoms with Gasteiger partial charge in [0, 0.05) is 32.7 Å². The van der Waals surface area contributed by atoms with Gasteiger partial charge in [-0.1, -0.05) is 6.92 Å². The Morgan fingerprint density at radius 3 is 2.78 bits per heavy atom. The van der Waals surface area contributed by atoms with E-state index >= 15 is 0 Å².